The van der Waals surface area contributed by atoms with Crippen molar-refractivity contribution in [2.75, 3.05) is 12.4 Å². The van der Waals surface area contributed by atoms with Crippen molar-refractivity contribution in [2.24, 2.45) is 5.73 Å². The summed E-state index contributed by atoms with van der Waals surface area (Å²) in [6, 6.07) is 6.98. The SMILES string of the molecule is Cc1c(CN(C)C(=O)/C=C/c2cnc3c(c2)CC[C@H](N)C(=O)N3)oc2c(Cl)cccc12.Cl. The number of carbonyl (C=O) groups excluding carboxylic acids is 2. The van der Waals surface area contributed by atoms with Crippen LogP contribution in [0, 0.1) is 6.92 Å². The van der Waals surface area contributed by atoms with E-state index >= 15 is 0 Å². The fraction of sp³-hybridized carbons (Fsp3) is 0.261. The van der Waals surface area contributed by atoms with Gasteiger partial charge in [-0.25, -0.2) is 4.98 Å². The van der Waals surface area contributed by atoms with Gasteiger partial charge in [-0.15, -0.1) is 12.4 Å². The topological polar surface area (TPSA) is 101 Å². The van der Waals surface area contributed by atoms with Gasteiger partial charge >= 0.3 is 0 Å². The molecule has 0 radical (unpaired) electrons. The number of likely N-dealkylation sites (N-methyl/N-ethyl adjacent to an activating group) is 1. The van der Waals surface area contributed by atoms with Crippen LogP contribution in [0.4, 0.5) is 5.82 Å². The highest BCUT2D eigenvalue weighted by atomic mass is 35.5. The fourth-order valence-corrected chi connectivity index (χ4v) is 3.78. The summed E-state index contributed by atoms with van der Waals surface area (Å²) in [6.07, 6.45) is 6.02. The Balaban J connectivity index is 0.00000289. The van der Waals surface area contributed by atoms with Crippen molar-refractivity contribution in [3.63, 3.8) is 0 Å². The summed E-state index contributed by atoms with van der Waals surface area (Å²) in [5.74, 6) is 0.827. The highest BCUT2D eigenvalue weighted by Gasteiger charge is 2.21. The number of nitrogens with two attached hydrogens (primary N) is 1. The van der Waals surface area contributed by atoms with Crippen molar-refractivity contribution in [1.82, 2.24) is 9.88 Å². The molecular formula is C23H24Cl2N4O3. The van der Waals surface area contributed by atoms with Crippen LogP contribution in [-0.2, 0) is 22.6 Å². The van der Waals surface area contributed by atoms with Crippen LogP contribution < -0.4 is 11.1 Å². The monoisotopic (exact) mass is 474 g/mol. The molecule has 0 saturated heterocycles. The Kier molecular flexibility index (Phi) is 7.23. The summed E-state index contributed by atoms with van der Waals surface area (Å²) in [5, 5.41) is 4.23. The van der Waals surface area contributed by atoms with Crippen LogP contribution in [0.2, 0.25) is 5.02 Å². The van der Waals surface area contributed by atoms with Crippen LogP contribution in [0.15, 0.2) is 41.0 Å². The highest BCUT2D eigenvalue weighted by Crippen LogP contribution is 2.31. The van der Waals surface area contributed by atoms with Crippen molar-refractivity contribution < 1.29 is 14.0 Å². The molecule has 0 fully saturated rings. The molecule has 1 atom stereocenters. The molecule has 0 unspecified atom stereocenters. The van der Waals surface area contributed by atoms with E-state index in [0.29, 0.717) is 41.6 Å². The van der Waals surface area contributed by atoms with E-state index in [4.69, 9.17) is 21.8 Å². The molecule has 2 amide bonds. The minimum Gasteiger partial charge on any atom is -0.457 e. The van der Waals surface area contributed by atoms with Gasteiger partial charge in [0.1, 0.15) is 11.6 Å². The molecule has 4 rings (SSSR count). The van der Waals surface area contributed by atoms with E-state index in [2.05, 4.69) is 10.3 Å². The summed E-state index contributed by atoms with van der Waals surface area (Å²) < 4.78 is 5.90. The number of para-hydroxylation sites is 1. The van der Waals surface area contributed by atoms with E-state index in [1.54, 1.807) is 30.3 Å². The second kappa shape index (κ2) is 9.73. The molecular weight excluding hydrogens is 451 g/mol. The molecule has 1 aliphatic rings. The Morgan fingerprint density at radius 2 is 2.22 bits per heavy atom. The zero-order valence-electron chi connectivity index (χ0n) is 17.7. The van der Waals surface area contributed by atoms with E-state index in [1.807, 2.05) is 25.1 Å². The maximum Gasteiger partial charge on any atom is 0.246 e. The summed E-state index contributed by atoms with van der Waals surface area (Å²) in [6.45, 7) is 2.28. The van der Waals surface area contributed by atoms with Gasteiger partial charge in [0.25, 0.3) is 0 Å². The molecule has 1 aromatic carbocycles. The van der Waals surface area contributed by atoms with Gasteiger partial charge in [0.2, 0.25) is 11.8 Å². The summed E-state index contributed by atoms with van der Waals surface area (Å²) in [5.41, 5.74) is 9.10. The number of aromatic nitrogens is 1. The lowest BCUT2D eigenvalue weighted by Crippen LogP contribution is -2.34. The number of anilines is 1. The van der Waals surface area contributed by atoms with E-state index in [0.717, 1.165) is 22.1 Å². The number of rotatable bonds is 4. The molecule has 0 aliphatic carbocycles. The number of nitrogens with one attached hydrogen (secondary N) is 1. The third-order valence-corrected chi connectivity index (χ3v) is 5.78. The van der Waals surface area contributed by atoms with Crippen LogP contribution in [0.3, 0.4) is 0 Å². The lowest BCUT2D eigenvalue weighted by molar-refractivity contribution is -0.125. The Labute approximate surface area is 197 Å². The average Bonchev–Trinajstić information content (AvgIpc) is 2.99. The van der Waals surface area contributed by atoms with E-state index < -0.39 is 6.04 Å². The van der Waals surface area contributed by atoms with Crippen molar-refractivity contribution in [2.45, 2.75) is 32.4 Å². The van der Waals surface area contributed by atoms with Crippen molar-refractivity contribution >= 4 is 58.7 Å². The molecule has 0 saturated carbocycles. The molecule has 3 heterocycles. The zero-order chi connectivity index (χ0) is 22.1. The lowest BCUT2D eigenvalue weighted by atomic mass is 10.1. The van der Waals surface area contributed by atoms with Gasteiger partial charge in [-0.2, -0.15) is 0 Å². The Morgan fingerprint density at radius 1 is 1.44 bits per heavy atom. The average molecular weight is 475 g/mol. The number of hydrogen-bond donors (Lipinski definition) is 2. The minimum absolute atomic E-state index is 0. The smallest absolute Gasteiger partial charge is 0.246 e. The van der Waals surface area contributed by atoms with E-state index in [-0.39, 0.29) is 24.2 Å². The largest absolute Gasteiger partial charge is 0.457 e. The second-order valence-electron chi connectivity index (χ2n) is 7.71. The molecule has 2 aromatic heterocycles. The summed E-state index contributed by atoms with van der Waals surface area (Å²) >= 11 is 6.21. The Morgan fingerprint density at radius 3 is 2.97 bits per heavy atom. The molecule has 7 nitrogen and oxygen atoms in total. The molecule has 1 aliphatic heterocycles. The summed E-state index contributed by atoms with van der Waals surface area (Å²) in [7, 11) is 1.72. The number of amides is 2. The van der Waals surface area contributed by atoms with Gasteiger partial charge in [-0.3, -0.25) is 9.59 Å². The van der Waals surface area contributed by atoms with Crippen LogP contribution in [0.1, 0.15) is 28.9 Å². The van der Waals surface area contributed by atoms with Gasteiger partial charge in [0, 0.05) is 30.3 Å². The third-order valence-electron chi connectivity index (χ3n) is 5.48. The van der Waals surface area contributed by atoms with Gasteiger partial charge < -0.3 is 20.4 Å². The number of halogens is 2. The minimum atomic E-state index is -0.542. The molecule has 9 heteroatoms. The van der Waals surface area contributed by atoms with Crippen molar-refractivity contribution in [3.05, 3.63) is 64.0 Å². The van der Waals surface area contributed by atoms with Crippen molar-refractivity contribution in [3.8, 4) is 0 Å². The van der Waals surface area contributed by atoms with Gasteiger partial charge in [0.15, 0.2) is 5.58 Å². The van der Waals surface area contributed by atoms with E-state index in [9.17, 15) is 9.59 Å². The number of nitrogens with zero attached hydrogens (tertiary/aromatic N) is 2. The fourth-order valence-electron chi connectivity index (χ4n) is 3.57. The maximum atomic E-state index is 12.6. The maximum absolute atomic E-state index is 12.6. The molecule has 3 aromatic rings. The number of aryl methyl sites for hydroxylation is 2. The normalized spacial score (nSPS) is 15.8. The number of fused-ring (bicyclic) bond motifs is 2. The second-order valence-corrected chi connectivity index (χ2v) is 8.11. The van der Waals surface area contributed by atoms with Crippen LogP contribution >= 0.6 is 24.0 Å². The first kappa shape index (κ1) is 23.8. The predicted octanol–water partition coefficient (Wildman–Crippen LogP) is 4.10. The van der Waals surface area contributed by atoms with E-state index in [1.165, 1.54) is 6.08 Å². The number of carbonyl (C=O) groups is 2. The number of furan rings is 1. The van der Waals surface area contributed by atoms with Gasteiger partial charge in [-0.05, 0) is 49.1 Å². The standard InChI is InChI=1S/C23H23ClN4O3.ClH/c1-13-16-4-3-5-17(24)21(16)31-19(13)12-28(2)20(29)9-6-14-10-15-7-8-18(25)23(30)27-22(15)26-11-14;/h3-6,9-11,18H,7-8,12,25H2,1-2H3,(H,26,27,30);1H/b9-6+;/t18-;/m0./s1. The molecule has 0 bridgehead atoms. The third kappa shape index (κ3) is 4.80. The first-order valence-corrected chi connectivity index (χ1v) is 10.4. The van der Waals surface area contributed by atoms with Crippen LogP contribution in [-0.4, -0.2) is 34.8 Å². The van der Waals surface area contributed by atoms with Gasteiger partial charge in [0.05, 0.1) is 17.6 Å². The number of benzene rings is 1. The quantitative estimate of drug-likeness (QED) is 0.554. The number of hydrogen-bond acceptors (Lipinski definition) is 5. The summed E-state index contributed by atoms with van der Waals surface area (Å²) in [4.78, 5) is 30.3. The Hall–Kier alpha value is -2.87. The van der Waals surface area contributed by atoms with Crippen molar-refractivity contribution in [1.29, 1.82) is 0 Å². The zero-order valence-corrected chi connectivity index (χ0v) is 19.3. The highest BCUT2D eigenvalue weighted by molar-refractivity contribution is 6.34. The molecule has 168 valence electrons. The van der Waals surface area contributed by atoms with Crippen LogP contribution in [0.5, 0.6) is 0 Å². The Bertz CT molecular complexity index is 1210. The van der Waals surface area contributed by atoms with Crippen LogP contribution in [0.25, 0.3) is 17.0 Å². The molecule has 3 N–H and O–H groups in total. The molecule has 0 spiro atoms. The first-order valence-electron chi connectivity index (χ1n) is 9.98. The molecule has 32 heavy (non-hydrogen) atoms. The first-order chi connectivity index (χ1) is 14.8. The lowest BCUT2D eigenvalue weighted by Gasteiger charge is -2.14. The number of pyridine rings is 1. The predicted molar refractivity (Wildman–Crippen MR) is 128 cm³/mol. The van der Waals surface area contributed by atoms with Gasteiger partial charge in [-0.1, -0.05) is 23.7 Å².